The number of thiophene rings is 1. The summed E-state index contributed by atoms with van der Waals surface area (Å²) in [6, 6.07) is 4.63. The summed E-state index contributed by atoms with van der Waals surface area (Å²) in [6.45, 7) is 16.5. The van der Waals surface area contributed by atoms with Gasteiger partial charge in [-0.25, -0.2) is 8.78 Å². The molecule has 0 fully saturated rings. The number of carbonyl (C=O) groups excluding carboxylic acids is 4. The molecule has 1 amide bonds. The highest BCUT2D eigenvalue weighted by Crippen LogP contribution is 2.41. The first kappa shape index (κ1) is 45.0. The highest BCUT2D eigenvalue weighted by atomic mass is 32.1. The van der Waals surface area contributed by atoms with Crippen LogP contribution in [-0.4, -0.2) is 87.4 Å². The van der Waals surface area contributed by atoms with E-state index in [-0.39, 0.29) is 103 Å². The third kappa shape index (κ3) is 11.5. The largest absolute Gasteiger partial charge is 0.493 e. The van der Waals surface area contributed by atoms with Gasteiger partial charge in [-0.05, 0) is 37.1 Å². The van der Waals surface area contributed by atoms with Crippen molar-refractivity contribution in [3.05, 3.63) is 94.7 Å². The van der Waals surface area contributed by atoms with Crippen LogP contribution in [0.25, 0.3) is 10.1 Å². The van der Waals surface area contributed by atoms with Gasteiger partial charge in [0.1, 0.15) is 12.4 Å². The van der Waals surface area contributed by atoms with Crippen LogP contribution in [0.4, 0.5) is 8.78 Å². The summed E-state index contributed by atoms with van der Waals surface area (Å²) in [4.78, 5) is 52.4. The number of ketones is 1. The molecule has 0 radical (unpaired) electrons. The molecular weight excluding hydrogens is 773 g/mol. The number of nitrogens with zero attached hydrogens (tertiary/aromatic N) is 2. The number of likely N-dealkylation sites (N-methyl/N-ethyl adjacent to an activating group) is 1. The molecule has 1 atom stereocenters. The normalized spacial score (nSPS) is 12.7. The molecule has 58 heavy (non-hydrogen) atoms. The zero-order valence-corrected chi connectivity index (χ0v) is 34.5. The first-order valence-corrected chi connectivity index (χ1v) is 19.5. The fourth-order valence-corrected chi connectivity index (χ4v) is 7.21. The summed E-state index contributed by atoms with van der Waals surface area (Å²) in [5.74, 6) is -2.47. The second-order valence-electron chi connectivity index (χ2n) is 13.7. The standard InChI is InChI=1S/C43H51F2N3O9S/c1-9-12-26(2)29(5)47(6)23-27(3)46-22-28(4)57-39(52)15-14-33(50)37-20-31-36(58-37)21-35(54-8)43(40(31)44)56-18-11-17-55-42-34(53-7)19-30-24-48(25-32(30)41(42)45)38(51)13-10-16-49/h9,12,16,19-21,28,46H,1,3,5,10-11,13-15,17-18,22-25H2,2,4,6-8H3/b26-12-. The summed E-state index contributed by atoms with van der Waals surface area (Å²) in [7, 11) is 4.64. The lowest BCUT2D eigenvalue weighted by molar-refractivity contribution is -0.147. The molecule has 0 bridgehead atoms. The maximum absolute atomic E-state index is 15.8. The summed E-state index contributed by atoms with van der Waals surface area (Å²) in [5, 5.41) is 3.32. The molecule has 1 unspecified atom stereocenters. The van der Waals surface area contributed by atoms with Crippen LogP contribution in [-0.2, 0) is 32.2 Å². The van der Waals surface area contributed by atoms with Gasteiger partial charge in [-0.15, -0.1) is 11.3 Å². The van der Waals surface area contributed by atoms with E-state index in [1.54, 1.807) is 25.1 Å². The lowest BCUT2D eigenvalue weighted by atomic mass is 10.1. The van der Waals surface area contributed by atoms with Gasteiger partial charge in [-0.1, -0.05) is 31.9 Å². The van der Waals surface area contributed by atoms with Gasteiger partial charge in [0.2, 0.25) is 5.91 Å². The van der Waals surface area contributed by atoms with Crippen molar-refractivity contribution in [2.45, 2.75) is 65.1 Å². The number of fused-ring (bicyclic) bond motifs is 2. The number of halogens is 2. The highest BCUT2D eigenvalue weighted by molar-refractivity contribution is 7.20. The molecule has 15 heteroatoms. The van der Waals surface area contributed by atoms with Crippen LogP contribution in [0.3, 0.4) is 0 Å². The number of hydrogen-bond donors (Lipinski definition) is 1. The predicted octanol–water partition coefficient (Wildman–Crippen LogP) is 7.44. The Bertz CT molecular complexity index is 2080. The Morgan fingerprint density at radius 2 is 1.67 bits per heavy atom. The van der Waals surface area contributed by atoms with Crippen LogP contribution in [0.5, 0.6) is 23.0 Å². The van der Waals surface area contributed by atoms with Crippen LogP contribution in [0.1, 0.15) is 66.8 Å². The maximum Gasteiger partial charge on any atom is 0.306 e. The average Bonchev–Trinajstić information content (AvgIpc) is 3.84. The van der Waals surface area contributed by atoms with Crippen LogP contribution < -0.4 is 24.3 Å². The fraction of sp³-hybridized carbons (Fsp3) is 0.395. The summed E-state index contributed by atoms with van der Waals surface area (Å²) < 4.78 is 59.6. The quantitative estimate of drug-likeness (QED) is 0.0318. The van der Waals surface area contributed by atoms with Crippen molar-refractivity contribution in [1.29, 1.82) is 0 Å². The van der Waals surface area contributed by atoms with Crippen LogP contribution >= 0.6 is 11.3 Å². The van der Waals surface area contributed by atoms with Crippen LogP contribution in [0.2, 0.25) is 0 Å². The highest BCUT2D eigenvalue weighted by Gasteiger charge is 2.30. The van der Waals surface area contributed by atoms with E-state index in [1.807, 2.05) is 24.9 Å². The van der Waals surface area contributed by atoms with E-state index in [0.717, 1.165) is 22.6 Å². The van der Waals surface area contributed by atoms with Gasteiger partial charge >= 0.3 is 5.97 Å². The minimum atomic E-state index is -0.717. The molecular formula is C43H51F2N3O9S. The predicted molar refractivity (Wildman–Crippen MR) is 218 cm³/mol. The van der Waals surface area contributed by atoms with Crippen molar-refractivity contribution in [2.75, 3.05) is 47.6 Å². The first-order chi connectivity index (χ1) is 27.7. The smallest absolute Gasteiger partial charge is 0.306 e. The molecule has 0 saturated carbocycles. The van der Waals surface area contributed by atoms with E-state index in [2.05, 4.69) is 25.1 Å². The summed E-state index contributed by atoms with van der Waals surface area (Å²) in [5.41, 5.74) is 3.43. The average molecular weight is 824 g/mol. The van der Waals surface area contributed by atoms with Crippen molar-refractivity contribution < 1.29 is 51.6 Å². The van der Waals surface area contributed by atoms with Crippen molar-refractivity contribution in [3.8, 4) is 23.0 Å². The molecule has 2 heterocycles. The lowest BCUT2D eigenvalue weighted by Gasteiger charge is -2.24. The van der Waals surface area contributed by atoms with Gasteiger partial charge in [-0.3, -0.25) is 14.4 Å². The minimum absolute atomic E-state index is 0.00705. The molecule has 1 N–H and O–H groups in total. The molecule has 1 aliphatic rings. The monoisotopic (exact) mass is 823 g/mol. The number of ether oxygens (including phenoxy) is 5. The number of methoxy groups -OCH3 is 2. The number of carbonyl (C=O) groups is 4. The van der Waals surface area contributed by atoms with E-state index in [0.29, 0.717) is 40.9 Å². The number of aldehydes is 1. The fourth-order valence-electron chi connectivity index (χ4n) is 6.16. The van der Waals surface area contributed by atoms with Gasteiger partial charge in [0.25, 0.3) is 0 Å². The third-order valence-electron chi connectivity index (χ3n) is 9.34. The van der Waals surface area contributed by atoms with Crippen LogP contribution in [0, 0.1) is 11.6 Å². The first-order valence-electron chi connectivity index (χ1n) is 18.7. The zero-order chi connectivity index (χ0) is 42.5. The third-order valence-corrected chi connectivity index (χ3v) is 10.5. The van der Waals surface area contributed by atoms with E-state index < -0.39 is 23.7 Å². The van der Waals surface area contributed by atoms with Crippen molar-refractivity contribution >= 4 is 45.4 Å². The van der Waals surface area contributed by atoms with Gasteiger partial charge in [0.05, 0.1) is 51.8 Å². The molecule has 0 aliphatic carbocycles. The van der Waals surface area contributed by atoms with E-state index in [1.165, 1.54) is 25.2 Å². The molecule has 12 nitrogen and oxygen atoms in total. The zero-order valence-electron chi connectivity index (χ0n) is 33.7. The van der Waals surface area contributed by atoms with Gasteiger partial charge < -0.3 is 43.6 Å². The topological polar surface area (TPSA) is 133 Å². The Labute approximate surface area is 341 Å². The van der Waals surface area contributed by atoms with Crippen molar-refractivity contribution in [1.82, 2.24) is 15.1 Å². The van der Waals surface area contributed by atoms with Gasteiger partial charge in [0.15, 0.2) is 40.4 Å². The number of esters is 1. The lowest BCUT2D eigenvalue weighted by Crippen LogP contribution is -2.32. The van der Waals surface area contributed by atoms with Crippen molar-refractivity contribution in [3.63, 3.8) is 0 Å². The Kier molecular flexibility index (Phi) is 16.4. The molecule has 2 aromatic carbocycles. The number of allylic oxidation sites excluding steroid dienone is 3. The van der Waals surface area contributed by atoms with E-state index in [9.17, 15) is 19.2 Å². The Morgan fingerprint density at radius 1 is 1.00 bits per heavy atom. The Morgan fingerprint density at radius 3 is 2.33 bits per heavy atom. The Hall–Kier alpha value is -5.70. The summed E-state index contributed by atoms with van der Waals surface area (Å²) in [6.07, 6.45) is 3.83. The second-order valence-corrected chi connectivity index (χ2v) is 14.8. The van der Waals surface area contributed by atoms with Crippen molar-refractivity contribution in [2.24, 2.45) is 0 Å². The molecule has 1 aromatic heterocycles. The second kappa shape index (κ2) is 21.2. The molecule has 1 aliphatic heterocycles. The molecule has 3 aromatic rings. The SMILES string of the molecule is C=C/C=C(/C)C(=C)N(C)CC(=C)NCC(C)OC(=O)CCC(=O)c1cc2c(F)c(OCCCOc3c(OC)cc4c(c3F)CN(C(=O)CCC=O)C4)c(OC)cc2s1. The molecule has 0 saturated heterocycles. The molecule has 0 spiro atoms. The minimum Gasteiger partial charge on any atom is -0.493 e. The number of nitrogens with one attached hydrogen (secondary N) is 1. The molecule has 4 rings (SSSR count). The van der Waals surface area contributed by atoms with Crippen LogP contribution in [0.15, 0.2) is 67.1 Å². The summed E-state index contributed by atoms with van der Waals surface area (Å²) >= 11 is 1.08. The van der Waals surface area contributed by atoms with Gasteiger partial charge in [-0.2, -0.15) is 0 Å². The number of rotatable bonds is 24. The maximum atomic E-state index is 15.8. The molecule has 312 valence electrons. The van der Waals surface area contributed by atoms with E-state index >= 15 is 8.78 Å². The van der Waals surface area contributed by atoms with E-state index in [4.69, 9.17) is 23.7 Å². The van der Waals surface area contributed by atoms with Gasteiger partial charge in [0, 0.05) is 78.9 Å². The number of amides is 1. The number of hydrogen-bond acceptors (Lipinski definition) is 12. The number of benzene rings is 2. The Balaban J connectivity index is 1.27. The number of Topliss-reactive ketones (excluding diaryl/α,β-unsaturated/α-hetero) is 1.